The molecule has 0 aliphatic carbocycles. The van der Waals surface area contributed by atoms with Crippen LogP contribution in [0.15, 0.2) is 17.2 Å². The molecule has 7 heteroatoms. The summed E-state index contributed by atoms with van der Waals surface area (Å²) < 4.78 is 5.45. The number of cyclic esters (lactones) is 1. The van der Waals surface area contributed by atoms with Gasteiger partial charge in [-0.25, -0.2) is 4.79 Å². The van der Waals surface area contributed by atoms with E-state index in [9.17, 15) is 4.79 Å². The van der Waals surface area contributed by atoms with Crippen LogP contribution in [-0.2, 0) is 4.74 Å². The van der Waals surface area contributed by atoms with Crippen molar-refractivity contribution in [1.29, 1.82) is 0 Å². The van der Waals surface area contributed by atoms with Gasteiger partial charge < -0.3 is 15.1 Å². The molecule has 2 aliphatic heterocycles. The lowest BCUT2D eigenvalue weighted by atomic mass is 10.1. The molecule has 23 heavy (non-hydrogen) atoms. The lowest BCUT2D eigenvalue weighted by molar-refractivity contribution is 0.151. The Kier molecular flexibility index (Phi) is 4.71. The first-order chi connectivity index (χ1) is 11.1. The topological polar surface area (TPSA) is 57.2 Å². The Morgan fingerprint density at radius 2 is 2.13 bits per heavy atom. The fourth-order valence-electron chi connectivity index (χ4n) is 3.18. The van der Waals surface area contributed by atoms with Gasteiger partial charge in [-0.15, -0.1) is 8.58 Å². The van der Waals surface area contributed by atoms with Gasteiger partial charge in [-0.05, 0) is 43.8 Å². The molecule has 0 aromatic heterocycles. The Bertz CT molecular complexity index is 612. The second-order valence-corrected chi connectivity index (χ2v) is 7.06. The molecule has 0 spiro atoms. The van der Waals surface area contributed by atoms with E-state index >= 15 is 0 Å². The number of carbonyl (C=O) groups is 1. The molecule has 1 fully saturated rings. The monoisotopic (exact) mass is 334 g/mol. The third-order valence-electron chi connectivity index (χ3n) is 4.13. The van der Waals surface area contributed by atoms with Crippen molar-refractivity contribution in [3.05, 3.63) is 23.3 Å². The Morgan fingerprint density at radius 3 is 2.74 bits per heavy atom. The van der Waals surface area contributed by atoms with Crippen LogP contribution >= 0.6 is 8.58 Å². The first kappa shape index (κ1) is 16.1. The van der Waals surface area contributed by atoms with Crippen LogP contribution in [0.5, 0.6) is 0 Å². The van der Waals surface area contributed by atoms with Crippen LogP contribution < -0.4 is 15.2 Å². The minimum absolute atomic E-state index is 0.0198. The standard InChI is InChI=1S/C16H23N4O2P/c1-11-6-13(20-8-14(9-23-3)22-16(20)21)7-12(2)15(11)19-5-4-17-18-10-19/h6-7,10,14,17,23H,4-5,8-9H2,1-3H3/t14-/m1/s1. The number of hydrogen-bond acceptors (Lipinski definition) is 5. The molecule has 1 unspecified atom stereocenters. The van der Waals surface area contributed by atoms with Crippen molar-refractivity contribution in [2.24, 2.45) is 5.10 Å². The number of amides is 1. The first-order valence-electron chi connectivity index (χ1n) is 7.87. The molecular formula is C16H23N4O2P. The van der Waals surface area contributed by atoms with Gasteiger partial charge in [-0.1, -0.05) is 0 Å². The summed E-state index contributed by atoms with van der Waals surface area (Å²) in [6, 6.07) is 4.13. The van der Waals surface area contributed by atoms with Gasteiger partial charge in [0.1, 0.15) is 12.4 Å². The highest BCUT2D eigenvalue weighted by Gasteiger charge is 2.32. The van der Waals surface area contributed by atoms with Gasteiger partial charge in [0.25, 0.3) is 0 Å². The predicted molar refractivity (Wildman–Crippen MR) is 96.5 cm³/mol. The van der Waals surface area contributed by atoms with E-state index < -0.39 is 0 Å². The molecular weight excluding hydrogens is 311 g/mol. The smallest absolute Gasteiger partial charge is 0.414 e. The number of nitrogens with one attached hydrogen (secondary N) is 1. The van der Waals surface area contributed by atoms with E-state index in [-0.39, 0.29) is 12.2 Å². The summed E-state index contributed by atoms with van der Waals surface area (Å²) in [5.41, 5.74) is 7.33. The van der Waals surface area contributed by atoms with Crippen molar-refractivity contribution < 1.29 is 9.53 Å². The number of ether oxygens (including phenoxy) is 1. The van der Waals surface area contributed by atoms with Gasteiger partial charge in [0.15, 0.2) is 0 Å². The van der Waals surface area contributed by atoms with E-state index in [0.717, 1.165) is 50.3 Å². The molecule has 2 aliphatic rings. The fourth-order valence-corrected chi connectivity index (χ4v) is 3.85. The van der Waals surface area contributed by atoms with Gasteiger partial charge in [0.2, 0.25) is 0 Å². The molecule has 2 heterocycles. The molecule has 1 aromatic carbocycles. The maximum absolute atomic E-state index is 12.1. The van der Waals surface area contributed by atoms with Crippen molar-refractivity contribution in [2.45, 2.75) is 20.0 Å². The minimum Gasteiger partial charge on any atom is -0.444 e. The van der Waals surface area contributed by atoms with Crippen LogP contribution in [0, 0.1) is 13.8 Å². The third-order valence-corrected chi connectivity index (χ3v) is 5.00. The number of hydrogen-bond donors (Lipinski definition) is 1. The van der Waals surface area contributed by atoms with Crippen molar-refractivity contribution in [1.82, 2.24) is 5.43 Å². The van der Waals surface area contributed by atoms with E-state index in [2.05, 4.69) is 48.1 Å². The second-order valence-electron chi connectivity index (χ2n) is 5.95. The average molecular weight is 334 g/mol. The van der Waals surface area contributed by atoms with Crippen LogP contribution in [0.4, 0.5) is 16.2 Å². The number of hydrazone groups is 1. The maximum atomic E-state index is 12.1. The highest BCUT2D eigenvalue weighted by atomic mass is 31.1. The highest BCUT2D eigenvalue weighted by Crippen LogP contribution is 2.32. The molecule has 3 rings (SSSR count). The maximum Gasteiger partial charge on any atom is 0.414 e. The number of nitrogens with zero attached hydrogens (tertiary/aromatic N) is 3. The summed E-state index contributed by atoms with van der Waals surface area (Å²) in [5.74, 6) is 0. The Labute approximate surface area is 138 Å². The molecule has 1 amide bonds. The van der Waals surface area contributed by atoms with Crippen LogP contribution in [0.3, 0.4) is 0 Å². The summed E-state index contributed by atoms with van der Waals surface area (Å²) in [6.07, 6.45) is 2.55. The lowest BCUT2D eigenvalue weighted by Crippen LogP contribution is -2.35. The number of anilines is 2. The van der Waals surface area contributed by atoms with Gasteiger partial charge in [0.05, 0.1) is 13.1 Å². The summed E-state index contributed by atoms with van der Waals surface area (Å²) in [5, 5.41) is 4.13. The Balaban J connectivity index is 1.86. The first-order valence-corrected chi connectivity index (χ1v) is 9.57. The van der Waals surface area contributed by atoms with Crippen LogP contribution in [0.25, 0.3) is 0 Å². The van der Waals surface area contributed by atoms with Crippen molar-refractivity contribution >= 4 is 32.4 Å². The van der Waals surface area contributed by atoms with Gasteiger partial charge in [0, 0.05) is 24.1 Å². The van der Waals surface area contributed by atoms with Crippen molar-refractivity contribution in [3.8, 4) is 0 Å². The van der Waals surface area contributed by atoms with Crippen LogP contribution in [0.1, 0.15) is 11.1 Å². The van der Waals surface area contributed by atoms with E-state index in [1.807, 2.05) is 6.34 Å². The minimum atomic E-state index is -0.233. The highest BCUT2D eigenvalue weighted by molar-refractivity contribution is 7.37. The molecule has 1 aromatic rings. The average Bonchev–Trinajstić information content (AvgIpc) is 2.89. The van der Waals surface area contributed by atoms with Crippen molar-refractivity contribution in [2.75, 3.05) is 42.3 Å². The van der Waals surface area contributed by atoms with Crippen LogP contribution in [-0.4, -0.2) is 51.0 Å². The number of rotatable bonds is 4. The van der Waals surface area contributed by atoms with E-state index in [0.29, 0.717) is 6.54 Å². The predicted octanol–water partition coefficient (Wildman–Crippen LogP) is 2.29. The Hall–Kier alpha value is -1.81. The molecule has 0 saturated carbocycles. The molecule has 6 nitrogen and oxygen atoms in total. The van der Waals surface area contributed by atoms with E-state index in [4.69, 9.17) is 4.74 Å². The quantitative estimate of drug-likeness (QED) is 0.859. The number of aryl methyl sites for hydroxylation is 2. The summed E-state index contributed by atoms with van der Waals surface area (Å²) in [6.45, 7) is 8.65. The summed E-state index contributed by atoms with van der Waals surface area (Å²) in [4.78, 5) is 16.0. The molecule has 124 valence electrons. The Morgan fingerprint density at radius 1 is 1.39 bits per heavy atom. The number of benzene rings is 1. The zero-order valence-electron chi connectivity index (χ0n) is 13.8. The number of carbonyl (C=O) groups excluding carboxylic acids is 1. The summed E-state index contributed by atoms with van der Waals surface area (Å²) >= 11 is 0. The molecule has 0 bridgehead atoms. The van der Waals surface area contributed by atoms with E-state index in [1.165, 1.54) is 0 Å². The second kappa shape index (κ2) is 6.75. The van der Waals surface area contributed by atoms with E-state index in [1.54, 1.807) is 4.90 Å². The zero-order valence-corrected chi connectivity index (χ0v) is 14.8. The van der Waals surface area contributed by atoms with Gasteiger partial charge in [-0.2, -0.15) is 5.10 Å². The zero-order chi connectivity index (χ0) is 16.4. The molecule has 0 radical (unpaired) electrons. The SMILES string of the molecule is CPC[C@H]1CN(c2cc(C)c(N3C=NNCC3)c(C)c2)C(=O)O1. The molecule has 1 N–H and O–H groups in total. The third kappa shape index (κ3) is 3.27. The largest absolute Gasteiger partial charge is 0.444 e. The molecule has 2 atom stereocenters. The normalized spacial score (nSPS) is 21.2. The lowest BCUT2D eigenvalue weighted by Gasteiger charge is -2.27. The van der Waals surface area contributed by atoms with Crippen molar-refractivity contribution in [3.63, 3.8) is 0 Å². The molecule has 1 saturated heterocycles. The van der Waals surface area contributed by atoms with Crippen LogP contribution in [0.2, 0.25) is 0 Å². The summed E-state index contributed by atoms with van der Waals surface area (Å²) in [7, 11) is 0.794. The fraction of sp³-hybridized carbons (Fsp3) is 0.500. The van der Waals surface area contributed by atoms with Gasteiger partial charge in [-0.3, -0.25) is 4.90 Å². The van der Waals surface area contributed by atoms with Gasteiger partial charge >= 0.3 is 6.09 Å².